The van der Waals surface area contributed by atoms with E-state index in [0.717, 1.165) is 26.9 Å². The van der Waals surface area contributed by atoms with E-state index in [9.17, 15) is 0 Å². The van der Waals surface area contributed by atoms with Crippen molar-refractivity contribution in [3.05, 3.63) is 156 Å². The monoisotopic (exact) mass is 520 g/mol. The van der Waals surface area contributed by atoms with Crippen LogP contribution in [0.2, 0.25) is 13.1 Å². The summed E-state index contributed by atoms with van der Waals surface area (Å²) >= 11 is 0.290. The van der Waals surface area contributed by atoms with Crippen molar-refractivity contribution in [2.45, 2.75) is 17.3 Å². The maximum atomic E-state index is 6.05. The normalized spacial score (nSPS) is 14.3. The number of benzene rings is 4. The van der Waals surface area contributed by atoms with E-state index >= 15 is 0 Å². The van der Waals surface area contributed by atoms with E-state index in [4.69, 9.17) is 4.74 Å². The maximum absolute atomic E-state index is 6.05. The third-order valence-corrected chi connectivity index (χ3v) is 12.3. The first-order valence-electron chi connectivity index (χ1n) is 12.4. The van der Waals surface area contributed by atoms with Crippen LogP contribution in [-0.2, 0) is 18.4 Å². The Morgan fingerprint density at radius 2 is 1.36 bits per heavy atom. The predicted octanol–water partition coefficient (Wildman–Crippen LogP) is 8.64. The summed E-state index contributed by atoms with van der Waals surface area (Å²) in [5.74, 6) is 1.65. The first kappa shape index (κ1) is 25.9. The number of allylic oxidation sites excluding steroid dienone is 3. The quantitative estimate of drug-likeness (QED) is 0.135. The number of ether oxygens (including phenoxy) is 1. The summed E-state index contributed by atoms with van der Waals surface area (Å²) in [6.45, 7) is 4.65. The Balaban J connectivity index is 0.000000197. The van der Waals surface area contributed by atoms with Crippen molar-refractivity contribution in [3.63, 3.8) is 0 Å². The number of hydrogen-bond acceptors (Lipinski definition) is 1. The molecule has 0 aliphatic heterocycles. The Bertz CT molecular complexity index is 1300. The van der Waals surface area contributed by atoms with Crippen molar-refractivity contribution < 1.29 is 23.1 Å². The van der Waals surface area contributed by atoms with Gasteiger partial charge < -0.3 is 4.74 Å². The van der Waals surface area contributed by atoms with E-state index in [1.54, 1.807) is 5.56 Å². The number of fused-ring (bicyclic) bond motifs is 1. The second-order valence-electron chi connectivity index (χ2n) is 8.87. The van der Waals surface area contributed by atoms with E-state index in [2.05, 4.69) is 67.7 Å². The van der Waals surface area contributed by atoms with Crippen LogP contribution < -0.4 is 4.74 Å². The van der Waals surface area contributed by atoms with Gasteiger partial charge in [0.05, 0.1) is 0 Å². The van der Waals surface area contributed by atoms with Crippen LogP contribution in [0.5, 0.6) is 5.75 Å². The Morgan fingerprint density at radius 3 is 2.06 bits per heavy atom. The summed E-state index contributed by atoms with van der Waals surface area (Å²) in [5.41, 5.74) is 5.28. The molecule has 0 fully saturated rings. The van der Waals surface area contributed by atoms with Crippen LogP contribution in [0.25, 0.3) is 17.9 Å². The fourth-order valence-corrected chi connectivity index (χ4v) is 10.3. The Labute approximate surface area is 225 Å². The molecule has 0 heterocycles. The van der Waals surface area contributed by atoms with Gasteiger partial charge in [0.15, 0.2) is 0 Å². The van der Waals surface area contributed by atoms with Gasteiger partial charge in [-0.3, -0.25) is 0 Å². The molecule has 0 saturated carbocycles. The van der Waals surface area contributed by atoms with Crippen LogP contribution in [0.1, 0.15) is 26.5 Å². The molecule has 0 spiro atoms. The van der Waals surface area contributed by atoms with Crippen LogP contribution >= 0.6 is 0 Å². The second-order valence-corrected chi connectivity index (χ2v) is 19.5. The molecule has 4 aromatic rings. The minimum atomic E-state index is -0.309. The molecule has 0 saturated heterocycles. The van der Waals surface area contributed by atoms with Crippen molar-refractivity contribution in [2.75, 3.05) is 0 Å². The Hall–Kier alpha value is -3.17. The van der Waals surface area contributed by atoms with Crippen molar-refractivity contribution in [1.82, 2.24) is 0 Å². The zero-order valence-corrected chi connectivity index (χ0v) is 23.6. The predicted molar refractivity (Wildman–Crippen MR) is 154 cm³/mol. The molecule has 1 nitrogen and oxygen atoms in total. The molecule has 4 aromatic carbocycles. The van der Waals surface area contributed by atoms with Crippen molar-refractivity contribution >= 4 is 24.6 Å². The third kappa shape index (κ3) is 7.93. The molecule has 1 unspecified atom stereocenters. The summed E-state index contributed by atoms with van der Waals surface area (Å²) in [6, 6.07) is 39.0. The van der Waals surface area contributed by atoms with Crippen LogP contribution in [0, 0.1) is 0 Å². The first-order chi connectivity index (χ1) is 17.7. The number of rotatable bonds is 7. The Morgan fingerprint density at radius 1 is 0.750 bits per heavy atom. The van der Waals surface area contributed by atoms with Crippen molar-refractivity contribution in [1.29, 1.82) is 0 Å². The van der Waals surface area contributed by atoms with Gasteiger partial charge in [0, 0.05) is 5.56 Å². The molecule has 1 atom stereocenters. The molecule has 0 bridgehead atoms. The van der Waals surface area contributed by atoms with Gasteiger partial charge in [-0.15, -0.1) is 0 Å². The average molecular weight is 521 g/mol. The van der Waals surface area contributed by atoms with Gasteiger partial charge in [-0.2, -0.15) is 0 Å². The van der Waals surface area contributed by atoms with Crippen LogP contribution in [0.4, 0.5) is 0 Å². The van der Waals surface area contributed by atoms with Gasteiger partial charge in [0.1, 0.15) is 11.5 Å². The fourth-order valence-electron chi connectivity index (χ4n) is 3.97. The molecule has 0 amide bonds. The van der Waals surface area contributed by atoms with Gasteiger partial charge in [-0.05, 0) is 23.8 Å². The second kappa shape index (κ2) is 13.8. The van der Waals surface area contributed by atoms with Crippen LogP contribution in [0.3, 0.4) is 0 Å². The molecular weight excluding hydrogens is 488 g/mol. The number of hydrogen-bond donors (Lipinski definition) is 0. The molecule has 0 N–H and O–H groups in total. The van der Waals surface area contributed by atoms with Crippen LogP contribution in [0.15, 0.2) is 133 Å². The van der Waals surface area contributed by atoms with Gasteiger partial charge in [-0.25, -0.2) is 0 Å². The van der Waals surface area contributed by atoms with Crippen molar-refractivity contribution in [3.8, 4) is 5.75 Å². The van der Waals surface area contributed by atoms with E-state index in [-0.39, 0.29) is 6.66 Å². The summed E-state index contributed by atoms with van der Waals surface area (Å²) in [5, 5.41) is 0. The molecule has 1 aliphatic rings. The molecule has 0 aromatic heterocycles. The number of para-hydroxylation sites is 1. The topological polar surface area (TPSA) is 9.23 Å². The van der Waals surface area contributed by atoms with Gasteiger partial charge in [0.25, 0.3) is 0 Å². The Kier molecular flexibility index (Phi) is 9.93. The fraction of sp³-hybridized carbons (Fsp3) is 0.0909. The summed E-state index contributed by atoms with van der Waals surface area (Å²) in [7, 11) is 0. The van der Waals surface area contributed by atoms with E-state index < -0.39 is 0 Å². The SMILES string of the molecule is C(=Cc1ccccc1)C=C(Oc1ccccc1)c1ccccc1.C[SiH](C)[Ti][CH]1C=Cc2ccccc21. The van der Waals surface area contributed by atoms with Crippen LogP contribution in [-0.4, -0.2) is 6.66 Å². The molecule has 1 aliphatic carbocycles. The van der Waals surface area contributed by atoms with E-state index in [1.807, 2.05) is 91.0 Å². The molecule has 0 radical (unpaired) electrons. The molecule has 36 heavy (non-hydrogen) atoms. The summed E-state index contributed by atoms with van der Waals surface area (Å²) < 4.78 is 6.90. The van der Waals surface area contributed by atoms with Gasteiger partial charge in [0.2, 0.25) is 0 Å². The molecule has 3 heteroatoms. The average Bonchev–Trinajstić information content (AvgIpc) is 3.32. The third-order valence-electron chi connectivity index (χ3n) is 5.68. The van der Waals surface area contributed by atoms with Gasteiger partial charge >= 0.3 is 89.9 Å². The summed E-state index contributed by atoms with van der Waals surface area (Å²) in [6.07, 6.45) is 10.8. The standard InChI is InChI=1S/C22H18O.C9H7.C2H7Si.Ti/c1-4-11-19(12-5-1)13-10-18-22(20-14-6-2-7-15-20)23-21-16-8-3-9-17-21;1-2-5-9-7-3-6-8(9)4-1;1-3-2;/h1-18H;1-7H;3H,1-2H3;. The first-order valence-corrected chi connectivity index (χ1v) is 18.9. The summed E-state index contributed by atoms with van der Waals surface area (Å²) in [4.78, 5) is 0. The van der Waals surface area contributed by atoms with E-state index in [1.165, 1.54) is 5.56 Å². The zero-order chi connectivity index (χ0) is 25.0. The molecule has 178 valence electrons. The van der Waals surface area contributed by atoms with E-state index in [0.29, 0.717) is 18.4 Å². The zero-order valence-electron chi connectivity index (χ0n) is 20.9. The van der Waals surface area contributed by atoms with Gasteiger partial charge in [-0.1, -0.05) is 91.0 Å². The minimum absolute atomic E-state index is 0.290. The van der Waals surface area contributed by atoms with Crippen molar-refractivity contribution in [2.24, 2.45) is 0 Å². The molecular formula is C33H32OSiTi. The molecule has 5 rings (SSSR count).